The van der Waals surface area contributed by atoms with Crippen LogP contribution in [0.4, 0.5) is 8.78 Å². The van der Waals surface area contributed by atoms with Crippen molar-refractivity contribution in [3.8, 4) is 0 Å². The first-order valence-electron chi connectivity index (χ1n) is 8.02. The minimum atomic E-state index is -0.863. The molecule has 0 aliphatic rings. The van der Waals surface area contributed by atoms with Gasteiger partial charge < -0.3 is 10.2 Å². The third-order valence-electron chi connectivity index (χ3n) is 4.10. The van der Waals surface area contributed by atoms with E-state index < -0.39 is 29.5 Å². The zero-order valence-corrected chi connectivity index (χ0v) is 15.2. The van der Waals surface area contributed by atoms with Gasteiger partial charge in [-0.2, -0.15) is 0 Å². The van der Waals surface area contributed by atoms with Gasteiger partial charge in [-0.3, -0.25) is 9.59 Å². The van der Waals surface area contributed by atoms with E-state index in [0.29, 0.717) is 0 Å². The average molecular weight is 381 g/mol. The molecule has 0 bridgehead atoms. The molecule has 1 N–H and O–H groups in total. The summed E-state index contributed by atoms with van der Waals surface area (Å²) >= 11 is 5.98. The van der Waals surface area contributed by atoms with Gasteiger partial charge in [0.05, 0.1) is 6.42 Å². The van der Waals surface area contributed by atoms with Crippen molar-refractivity contribution in [3.63, 3.8) is 0 Å². The van der Waals surface area contributed by atoms with Gasteiger partial charge in [0.15, 0.2) is 0 Å². The molecule has 0 fully saturated rings. The van der Waals surface area contributed by atoms with Crippen LogP contribution < -0.4 is 5.32 Å². The van der Waals surface area contributed by atoms with Gasteiger partial charge in [0.25, 0.3) is 0 Å². The molecule has 2 aromatic carbocycles. The summed E-state index contributed by atoms with van der Waals surface area (Å²) in [5.41, 5.74) is 0.304. The molecule has 0 unspecified atom stereocenters. The van der Waals surface area contributed by atoms with Gasteiger partial charge in [-0.25, -0.2) is 8.78 Å². The summed E-state index contributed by atoms with van der Waals surface area (Å²) in [6.45, 7) is 1.41. The lowest BCUT2D eigenvalue weighted by molar-refractivity contribution is -0.140. The van der Waals surface area contributed by atoms with E-state index in [-0.39, 0.29) is 29.1 Å². The van der Waals surface area contributed by atoms with Crippen LogP contribution in [0, 0.1) is 11.6 Å². The smallest absolute Gasteiger partial charge is 0.242 e. The molecule has 26 heavy (non-hydrogen) atoms. The van der Waals surface area contributed by atoms with E-state index in [1.54, 1.807) is 6.07 Å². The summed E-state index contributed by atoms with van der Waals surface area (Å²) in [5.74, 6) is -2.03. The van der Waals surface area contributed by atoms with Crippen LogP contribution in [0.15, 0.2) is 42.5 Å². The topological polar surface area (TPSA) is 49.4 Å². The molecule has 0 aliphatic carbocycles. The Morgan fingerprint density at radius 1 is 1.12 bits per heavy atom. The van der Waals surface area contributed by atoms with E-state index in [0.717, 1.165) is 0 Å². The number of benzene rings is 2. The summed E-state index contributed by atoms with van der Waals surface area (Å²) in [6.07, 6.45) is -0.332. The molecule has 138 valence electrons. The number of rotatable bonds is 6. The van der Waals surface area contributed by atoms with Crippen molar-refractivity contribution >= 4 is 23.4 Å². The van der Waals surface area contributed by atoms with Gasteiger partial charge in [0, 0.05) is 29.7 Å². The molecule has 4 nitrogen and oxygen atoms in total. The van der Waals surface area contributed by atoms with Crippen LogP contribution in [0.1, 0.15) is 18.1 Å². The van der Waals surface area contributed by atoms with Crippen LogP contribution in [0.5, 0.6) is 0 Å². The monoisotopic (exact) mass is 380 g/mol. The van der Waals surface area contributed by atoms with Crippen molar-refractivity contribution < 1.29 is 18.4 Å². The Bertz CT molecular complexity index is 794. The van der Waals surface area contributed by atoms with Gasteiger partial charge in [0.1, 0.15) is 17.7 Å². The minimum absolute atomic E-state index is 0.0433. The van der Waals surface area contributed by atoms with Crippen molar-refractivity contribution in [1.82, 2.24) is 10.2 Å². The lowest BCUT2D eigenvalue weighted by Crippen LogP contribution is -2.47. The first-order valence-corrected chi connectivity index (χ1v) is 8.40. The molecule has 2 rings (SSSR count). The minimum Gasteiger partial charge on any atom is -0.357 e. The molecule has 2 amide bonds. The van der Waals surface area contributed by atoms with Crippen LogP contribution in [0.2, 0.25) is 5.02 Å². The van der Waals surface area contributed by atoms with Gasteiger partial charge >= 0.3 is 0 Å². The Balaban J connectivity index is 2.32. The Hall–Kier alpha value is -2.47. The largest absolute Gasteiger partial charge is 0.357 e. The predicted molar refractivity (Wildman–Crippen MR) is 95.6 cm³/mol. The summed E-state index contributed by atoms with van der Waals surface area (Å²) in [6, 6.07) is 9.24. The molecule has 0 spiro atoms. The fraction of sp³-hybridized carbons (Fsp3) is 0.263. The van der Waals surface area contributed by atoms with Gasteiger partial charge in [-0.1, -0.05) is 35.9 Å². The van der Waals surface area contributed by atoms with E-state index >= 15 is 0 Å². The highest BCUT2D eigenvalue weighted by Gasteiger charge is 2.27. The fourth-order valence-corrected chi connectivity index (χ4v) is 2.79. The molecular weight excluding hydrogens is 362 g/mol. The van der Waals surface area contributed by atoms with E-state index in [1.165, 1.54) is 55.3 Å². The maximum absolute atomic E-state index is 14.0. The third kappa shape index (κ3) is 4.58. The normalized spacial score (nSPS) is 11.7. The molecule has 0 saturated heterocycles. The number of carbonyl (C=O) groups excluding carboxylic acids is 2. The second-order valence-corrected chi connectivity index (χ2v) is 6.19. The highest BCUT2D eigenvalue weighted by atomic mass is 35.5. The maximum atomic E-state index is 14.0. The SMILES string of the molecule is CNC(=O)[C@H](C)N(Cc1ccccc1F)C(=O)Cc1c(F)cccc1Cl. The van der Waals surface area contributed by atoms with E-state index in [4.69, 9.17) is 11.6 Å². The molecular formula is C19H19ClF2N2O2. The summed E-state index contributed by atoms with van der Waals surface area (Å²) < 4.78 is 28.0. The maximum Gasteiger partial charge on any atom is 0.242 e. The Kier molecular flexibility index (Phi) is 6.69. The fourth-order valence-electron chi connectivity index (χ4n) is 2.56. The van der Waals surface area contributed by atoms with Crippen molar-refractivity contribution in [3.05, 3.63) is 70.2 Å². The van der Waals surface area contributed by atoms with Gasteiger partial charge in [-0.15, -0.1) is 0 Å². The molecule has 1 atom stereocenters. The molecule has 2 aromatic rings. The van der Waals surface area contributed by atoms with Crippen molar-refractivity contribution in [2.45, 2.75) is 25.9 Å². The number of amides is 2. The first-order chi connectivity index (χ1) is 12.3. The quantitative estimate of drug-likeness (QED) is 0.835. The van der Waals surface area contributed by atoms with Gasteiger partial charge in [-0.05, 0) is 25.1 Å². The van der Waals surface area contributed by atoms with E-state index in [9.17, 15) is 18.4 Å². The van der Waals surface area contributed by atoms with Crippen LogP contribution in [0.25, 0.3) is 0 Å². The number of nitrogens with zero attached hydrogens (tertiary/aromatic N) is 1. The van der Waals surface area contributed by atoms with Gasteiger partial charge in [0.2, 0.25) is 11.8 Å². The highest BCUT2D eigenvalue weighted by molar-refractivity contribution is 6.31. The number of hydrogen-bond acceptors (Lipinski definition) is 2. The zero-order valence-electron chi connectivity index (χ0n) is 14.4. The van der Waals surface area contributed by atoms with Crippen molar-refractivity contribution in [1.29, 1.82) is 0 Å². The Labute approximate surface area is 155 Å². The first kappa shape index (κ1) is 19.8. The second kappa shape index (κ2) is 8.76. The van der Waals surface area contributed by atoms with E-state index in [1.807, 2.05) is 0 Å². The van der Waals surface area contributed by atoms with Crippen LogP contribution in [0.3, 0.4) is 0 Å². The average Bonchev–Trinajstić information content (AvgIpc) is 2.62. The number of nitrogens with one attached hydrogen (secondary N) is 1. The second-order valence-electron chi connectivity index (χ2n) is 5.78. The number of hydrogen-bond donors (Lipinski definition) is 1. The van der Waals surface area contributed by atoms with Crippen molar-refractivity contribution in [2.75, 3.05) is 7.05 Å². The summed E-state index contributed by atoms with van der Waals surface area (Å²) in [5, 5.41) is 2.58. The highest BCUT2D eigenvalue weighted by Crippen LogP contribution is 2.21. The number of carbonyl (C=O) groups is 2. The molecule has 0 radical (unpaired) electrons. The Morgan fingerprint density at radius 2 is 1.77 bits per heavy atom. The van der Waals surface area contributed by atoms with Crippen LogP contribution in [-0.2, 0) is 22.6 Å². The molecule has 0 saturated carbocycles. The van der Waals surface area contributed by atoms with Crippen molar-refractivity contribution in [2.24, 2.45) is 0 Å². The zero-order chi connectivity index (χ0) is 19.3. The lowest BCUT2D eigenvalue weighted by atomic mass is 10.1. The van der Waals surface area contributed by atoms with Crippen LogP contribution >= 0.6 is 11.6 Å². The predicted octanol–water partition coefficient (Wildman–Crippen LogP) is 3.32. The summed E-state index contributed by atoms with van der Waals surface area (Å²) in [7, 11) is 1.44. The Morgan fingerprint density at radius 3 is 2.38 bits per heavy atom. The van der Waals surface area contributed by atoms with Crippen LogP contribution in [-0.4, -0.2) is 29.8 Å². The standard InChI is InChI=1S/C19H19ClF2N2O2/c1-12(19(26)23-2)24(11-13-6-3-4-8-16(13)21)18(25)10-14-15(20)7-5-9-17(14)22/h3-9,12H,10-11H2,1-2H3,(H,23,26)/t12-/m0/s1. The molecule has 0 heterocycles. The number of likely N-dealkylation sites (N-methyl/N-ethyl adjacent to an activating group) is 1. The molecule has 7 heteroatoms. The lowest BCUT2D eigenvalue weighted by Gasteiger charge is -2.28. The molecule has 0 aliphatic heterocycles. The third-order valence-corrected chi connectivity index (χ3v) is 4.46. The number of halogens is 3. The van der Waals surface area contributed by atoms with E-state index in [2.05, 4.69) is 5.32 Å². The molecule has 0 aromatic heterocycles. The summed E-state index contributed by atoms with van der Waals surface area (Å²) in [4.78, 5) is 26.0.